The minimum absolute atomic E-state index is 0.0611. The Balaban J connectivity index is 2.65. The van der Waals surface area contributed by atoms with Crippen molar-refractivity contribution in [3.05, 3.63) is 33.9 Å². The highest BCUT2D eigenvalue weighted by atomic mass is 32.2. The lowest BCUT2D eigenvalue weighted by Crippen LogP contribution is -2.47. The van der Waals surface area contributed by atoms with E-state index < -0.39 is 10.8 Å². The average Bonchev–Trinajstić information content (AvgIpc) is 2.59. The number of carbonyl (C=O) groups excluding carboxylic acids is 1. The van der Waals surface area contributed by atoms with Crippen molar-refractivity contribution in [1.29, 1.82) is 0 Å². The predicted octanol–water partition coefficient (Wildman–Crippen LogP) is 3.89. The number of hydrogen-bond acceptors (Lipinski definition) is 5. The molecular formula is C18H28N4O3S2. The van der Waals surface area contributed by atoms with Crippen molar-refractivity contribution in [1.82, 2.24) is 16.2 Å². The normalized spacial score (nSPS) is 10.7. The van der Waals surface area contributed by atoms with Crippen LogP contribution in [0.15, 0.2) is 23.1 Å². The number of nitrogens with zero attached hydrogens (tertiary/aromatic N) is 1. The van der Waals surface area contributed by atoms with Crippen LogP contribution < -0.4 is 16.2 Å². The molecule has 1 aromatic rings. The second kappa shape index (κ2) is 11.8. The van der Waals surface area contributed by atoms with Crippen LogP contribution in [0, 0.1) is 22.0 Å². The third-order valence-electron chi connectivity index (χ3n) is 3.67. The molecule has 1 rings (SSSR count). The first-order valence-corrected chi connectivity index (χ1v) is 10.4. The molecule has 0 aromatic heterocycles. The van der Waals surface area contributed by atoms with Gasteiger partial charge in [-0.2, -0.15) is 0 Å². The molecule has 0 aliphatic rings. The predicted molar refractivity (Wildman–Crippen MR) is 114 cm³/mol. The number of rotatable bonds is 9. The third kappa shape index (κ3) is 9.05. The fourth-order valence-corrected chi connectivity index (χ4v) is 3.44. The summed E-state index contributed by atoms with van der Waals surface area (Å²) in [7, 11) is 0. The topological polar surface area (TPSA) is 96.3 Å². The Morgan fingerprint density at radius 3 is 2.44 bits per heavy atom. The lowest BCUT2D eigenvalue weighted by Gasteiger charge is -2.12. The number of carbonyl (C=O) groups is 1. The zero-order chi connectivity index (χ0) is 20.4. The van der Waals surface area contributed by atoms with Gasteiger partial charge in [-0.25, -0.2) is 0 Å². The molecule has 1 amide bonds. The summed E-state index contributed by atoms with van der Waals surface area (Å²) >= 11 is 6.52. The van der Waals surface area contributed by atoms with Crippen LogP contribution in [0.5, 0.6) is 0 Å². The van der Waals surface area contributed by atoms with Gasteiger partial charge in [0.25, 0.3) is 11.6 Å². The number of hydrogen-bond donors (Lipinski definition) is 3. The number of benzene rings is 1. The second-order valence-electron chi connectivity index (χ2n) is 6.99. The van der Waals surface area contributed by atoms with Crippen molar-refractivity contribution in [2.24, 2.45) is 11.8 Å². The molecule has 0 fully saturated rings. The molecule has 0 radical (unpaired) electrons. The standard InChI is InChI=1S/C18H28N4O3S2/c1-12(2)7-9-19-18(26)21-20-17(23)14-5-6-16(15(11-14)22(24)25)27-10-8-13(3)4/h5-6,11-13H,7-10H2,1-4H3,(H,20,23)(H2,19,21,26). The van der Waals surface area contributed by atoms with E-state index in [1.807, 2.05) is 0 Å². The maximum absolute atomic E-state index is 12.2. The van der Waals surface area contributed by atoms with Crippen molar-refractivity contribution >= 4 is 40.7 Å². The largest absolute Gasteiger partial charge is 0.361 e. The van der Waals surface area contributed by atoms with Crippen LogP contribution in [-0.4, -0.2) is 28.2 Å². The molecule has 0 atom stereocenters. The van der Waals surface area contributed by atoms with Crippen molar-refractivity contribution in [2.75, 3.05) is 12.3 Å². The fourth-order valence-electron chi connectivity index (χ4n) is 2.03. The van der Waals surface area contributed by atoms with E-state index in [1.54, 1.807) is 12.1 Å². The van der Waals surface area contributed by atoms with Crippen LogP contribution in [0.1, 0.15) is 50.9 Å². The van der Waals surface area contributed by atoms with Gasteiger partial charge in [0.15, 0.2) is 5.11 Å². The van der Waals surface area contributed by atoms with E-state index in [0.717, 1.165) is 18.6 Å². The van der Waals surface area contributed by atoms with Gasteiger partial charge in [-0.1, -0.05) is 27.7 Å². The van der Waals surface area contributed by atoms with E-state index >= 15 is 0 Å². The smallest absolute Gasteiger partial charge is 0.283 e. The lowest BCUT2D eigenvalue weighted by molar-refractivity contribution is -0.387. The number of nitro benzene ring substituents is 1. The Morgan fingerprint density at radius 2 is 1.85 bits per heavy atom. The summed E-state index contributed by atoms with van der Waals surface area (Å²) in [5.74, 6) is 1.39. The van der Waals surface area contributed by atoms with Crippen molar-refractivity contribution in [3.63, 3.8) is 0 Å². The number of thiocarbonyl (C=S) groups is 1. The average molecular weight is 413 g/mol. The molecule has 0 saturated carbocycles. The van der Waals surface area contributed by atoms with Gasteiger partial charge in [-0.15, -0.1) is 11.8 Å². The maximum atomic E-state index is 12.2. The first-order valence-electron chi connectivity index (χ1n) is 8.96. The number of hydrazine groups is 1. The van der Waals surface area contributed by atoms with Gasteiger partial charge in [0.1, 0.15) is 0 Å². The van der Waals surface area contributed by atoms with Gasteiger partial charge < -0.3 is 5.32 Å². The first-order chi connectivity index (χ1) is 12.7. The fraction of sp³-hybridized carbons (Fsp3) is 0.556. The Bertz CT molecular complexity index is 666. The Hall–Kier alpha value is -1.87. The molecule has 0 bridgehead atoms. The monoisotopic (exact) mass is 412 g/mol. The summed E-state index contributed by atoms with van der Waals surface area (Å²) in [4.78, 5) is 23.7. The number of amides is 1. The zero-order valence-electron chi connectivity index (χ0n) is 16.2. The molecule has 0 unspecified atom stereocenters. The summed E-state index contributed by atoms with van der Waals surface area (Å²) in [5, 5.41) is 14.6. The highest BCUT2D eigenvalue weighted by Crippen LogP contribution is 2.31. The Kier molecular flexibility index (Phi) is 10.1. The Labute approximate surface area is 170 Å². The molecule has 3 N–H and O–H groups in total. The lowest BCUT2D eigenvalue weighted by atomic mass is 10.1. The highest BCUT2D eigenvalue weighted by Gasteiger charge is 2.18. The van der Waals surface area contributed by atoms with Crippen LogP contribution in [-0.2, 0) is 0 Å². The number of nitrogens with one attached hydrogen (secondary N) is 3. The summed E-state index contributed by atoms with van der Waals surface area (Å²) < 4.78 is 0. The van der Waals surface area contributed by atoms with E-state index in [2.05, 4.69) is 43.9 Å². The van der Waals surface area contributed by atoms with Gasteiger partial charge in [0.05, 0.1) is 9.82 Å². The van der Waals surface area contributed by atoms with E-state index in [1.165, 1.54) is 17.8 Å². The van der Waals surface area contributed by atoms with Crippen LogP contribution in [0.4, 0.5) is 5.69 Å². The summed E-state index contributed by atoms with van der Waals surface area (Å²) in [5.41, 5.74) is 5.21. The second-order valence-corrected chi connectivity index (χ2v) is 8.53. The summed E-state index contributed by atoms with van der Waals surface area (Å²) in [6.07, 6.45) is 1.92. The zero-order valence-corrected chi connectivity index (χ0v) is 17.8. The minimum atomic E-state index is -0.482. The summed E-state index contributed by atoms with van der Waals surface area (Å²) in [6.45, 7) is 9.14. The molecule has 9 heteroatoms. The molecule has 0 saturated heterocycles. The van der Waals surface area contributed by atoms with Crippen LogP contribution >= 0.6 is 24.0 Å². The first kappa shape index (κ1) is 23.2. The number of nitro groups is 1. The Morgan fingerprint density at radius 1 is 1.19 bits per heavy atom. The van der Waals surface area contributed by atoms with E-state index in [0.29, 0.717) is 28.4 Å². The van der Waals surface area contributed by atoms with E-state index in [9.17, 15) is 14.9 Å². The highest BCUT2D eigenvalue weighted by molar-refractivity contribution is 7.99. The molecule has 0 spiro atoms. The van der Waals surface area contributed by atoms with Gasteiger partial charge in [-0.05, 0) is 54.8 Å². The van der Waals surface area contributed by atoms with Crippen LogP contribution in [0.3, 0.4) is 0 Å². The minimum Gasteiger partial charge on any atom is -0.361 e. The van der Waals surface area contributed by atoms with Gasteiger partial charge in [-0.3, -0.25) is 25.8 Å². The molecule has 0 aliphatic carbocycles. The third-order valence-corrected chi connectivity index (χ3v) is 5.01. The van der Waals surface area contributed by atoms with Crippen molar-refractivity contribution in [3.8, 4) is 0 Å². The SMILES string of the molecule is CC(C)CCNC(=S)NNC(=O)c1ccc(SCCC(C)C)c([N+](=O)[O-])c1. The van der Waals surface area contributed by atoms with Crippen LogP contribution in [0.25, 0.3) is 0 Å². The van der Waals surface area contributed by atoms with Gasteiger partial charge in [0.2, 0.25) is 0 Å². The molecule has 150 valence electrons. The number of thioether (sulfide) groups is 1. The maximum Gasteiger partial charge on any atom is 0.283 e. The quantitative estimate of drug-likeness (QED) is 0.245. The molecule has 0 heterocycles. The van der Waals surface area contributed by atoms with Crippen molar-refractivity contribution < 1.29 is 9.72 Å². The summed E-state index contributed by atoms with van der Waals surface area (Å²) in [6, 6.07) is 4.50. The van der Waals surface area contributed by atoms with E-state index in [4.69, 9.17) is 12.2 Å². The van der Waals surface area contributed by atoms with Gasteiger partial charge in [0, 0.05) is 18.2 Å². The van der Waals surface area contributed by atoms with Crippen LogP contribution in [0.2, 0.25) is 0 Å². The van der Waals surface area contributed by atoms with Gasteiger partial charge >= 0.3 is 0 Å². The molecular weight excluding hydrogens is 384 g/mol. The molecule has 27 heavy (non-hydrogen) atoms. The molecule has 1 aromatic carbocycles. The molecule has 0 aliphatic heterocycles. The molecule has 7 nitrogen and oxygen atoms in total. The van der Waals surface area contributed by atoms with Crippen molar-refractivity contribution in [2.45, 2.75) is 45.4 Å². The van der Waals surface area contributed by atoms with E-state index in [-0.39, 0.29) is 11.3 Å².